The largest absolute Gasteiger partial charge is 0.494 e. The third-order valence-corrected chi connectivity index (χ3v) is 4.70. The van der Waals surface area contributed by atoms with Crippen molar-refractivity contribution in [2.24, 2.45) is 5.92 Å². The molecule has 0 spiro atoms. The van der Waals surface area contributed by atoms with Gasteiger partial charge in [0.05, 0.1) is 0 Å². The van der Waals surface area contributed by atoms with Crippen LogP contribution in [0.4, 0.5) is 0 Å². The molecule has 0 bridgehead atoms. The predicted octanol–water partition coefficient (Wildman–Crippen LogP) is 1.90. The van der Waals surface area contributed by atoms with Gasteiger partial charge in [-0.05, 0) is 31.6 Å². The number of nitrogens with zero attached hydrogens (tertiary/aromatic N) is 2. The monoisotopic (exact) mass is 330 g/mol. The number of aromatic hydroxyl groups is 2. The van der Waals surface area contributed by atoms with E-state index in [9.17, 15) is 19.8 Å². The first-order valence-corrected chi connectivity index (χ1v) is 8.29. The maximum Gasteiger partial charge on any atom is 0.253 e. The number of imide groups is 1. The van der Waals surface area contributed by atoms with Gasteiger partial charge in [0, 0.05) is 36.4 Å². The highest BCUT2D eigenvalue weighted by atomic mass is 16.3. The van der Waals surface area contributed by atoms with Crippen molar-refractivity contribution in [2.75, 3.05) is 6.54 Å². The van der Waals surface area contributed by atoms with Gasteiger partial charge in [0.2, 0.25) is 0 Å². The summed E-state index contributed by atoms with van der Waals surface area (Å²) in [4.78, 5) is 24.4. The van der Waals surface area contributed by atoms with Crippen LogP contribution in [0.2, 0.25) is 0 Å². The lowest BCUT2D eigenvalue weighted by molar-refractivity contribution is -0.137. The Balaban J connectivity index is 1.54. The second-order valence-electron chi connectivity index (χ2n) is 6.50. The van der Waals surface area contributed by atoms with Crippen LogP contribution in [0.15, 0.2) is 24.3 Å². The maximum atomic E-state index is 11.6. The highest BCUT2D eigenvalue weighted by molar-refractivity contribution is 6.12. The molecule has 1 unspecified atom stereocenters. The second kappa shape index (κ2) is 6.55. The first kappa shape index (κ1) is 16.4. The third-order valence-electron chi connectivity index (χ3n) is 4.70. The molecule has 0 aromatic carbocycles. The molecule has 1 aliphatic heterocycles. The van der Waals surface area contributed by atoms with Crippen molar-refractivity contribution in [2.45, 2.75) is 39.2 Å². The lowest BCUT2D eigenvalue weighted by atomic mass is 10.0. The van der Waals surface area contributed by atoms with Gasteiger partial charge < -0.3 is 10.2 Å². The quantitative estimate of drug-likeness (QED) is 0.616. The molecule has 2 heterocycles. The van der Waals surface area contributed by atoms with E-state index in [1.54, 1.807) is 4.57 Å². The fourth-order valence-electron chi connectivity index (χ4n) is 3.35. The fraction of sp³-hybridized carbons (Fsp3) is 0.444. The van der Waals surface area contributed by atoms with E-state index >= 15 is 0 Å². The Bertz CT molecular complexity index is 680. The van der Waals surface area contributed by atoms with Crippen molar-refractivity contribution in [1.29, 1.82) is 0 Å². The van der Waals surface area contributed by atoms with Crippen LogP contribution in [0.5, 0.6) is 11.8 Å². The lowest BCUT2D eigenvalue weighted by Crippen LogP contribution is -2.34. The van der Waals surface area contributed by atoms with Gasteiger partial charge in [-0.15, -0.1) is 0 Å². The third kappa shape index (κ3) is 2.96. The maximum absolute atomic E-state index is 11.6. The van der Waals surface area contributed by atoms with E-state index in [1.165, 1.54) is 17.1 Å². The zero-order valence-electron chi connectivity index (χ0n) is 13.7. The molecule has 3 rings (SSSR count). The topological polar surface area (TPSA) is 82.8 Å². The molecular formula is C18H22N2O4. The number of carbonyl (C=O) groups is 2. The predicted molar refractivity (Wildman–Crippen MR) is 88.6 cm³/mol. The van der Waals surface area contributed by atoms with E-state index in [0.29, 0.717) is 25.9 Å². The molecule has 1 aromatic rings. The molecule has 0 radical (unpaired) electrons. The molecule has 1 aromatic heterocycles. The van der Waals surface area contributed by atoms with Gasteiger partial charge in [0.25, 0.3) is 11.8 Å². The number of allylic oxidation sites excluding steroid dienone is 2. The van der Waals surface area contributed by atoms with Crippen LogP contribution in [0.25, 0.3) is 0 Å². The van der Waals surface area contributed by atoms with E-state index in [-0.39, 0.29) is 29.5 Å². The average molecular weight is 330 g/mol. The fourth-order valence-corrected chi connectivity index (χ4v) is 3.35. The normalized spacial score (nSPS) is 17.6. The summed E-state index contributed by atoms with van der Waals surface area (Å²) in [5.41, 5.74) is 1.62. The minimum absolute atomic E-state index is 0.147. The van der Waals surface area contributed by atoms with Gasteiger partial charge in [-0.25, -0.2) is 0 Å². The number of fused-ring (bicyclic) bond motifs is 1. The molecule has 1 atom stereocenters. The highest BCUT2D eigenvalue weighted by Gasteiger charge is 2.25. The minimum Gasteiger partial charge on any atom is -0.494 e. The molecule has 128 valence electrons. The molecule has 2 N–H and O–H groups in total. The van der Waals surface area contributed by atoms with Crippen LogP contribution < -0.4 is 0 Å². The number of hydrogen-bond acceptors (Lipinski definition) is 4. The van der Waals surface area contributed by atoms with Gasteiger partial charge in [-0.1, -0.05) is 19.1 Å². The molecule has 6 heteroatoms. The van der Waals surface area contributed by atoms with Crippen molar-refractivity contribution in [3.8, 4) is 11.8 Å². The van der Waals surface area contributed by atoms with Crippen LogP contribution >= 0.6 is 0 Å². The Hall–Kier alpha value is -2.50. The molecule has 6 nitrogen and oxygen atoms in total. The van der Waals surface area contributed by atoms with Crippen LogP contribution in [-0.4, -0.2) is 38.0 Å². The summed E-state index contributed by atoms with van der Waals surface area (Å²) in [6, 6.07) is 0. The van der Waals surface area contributed by atoms with Crippen molar-refractivity contribution < 1.29 is 19.8 Å². The van der Waals surface area contributed by atoms with E-state index in [0.717, 1.165) is 24.0 Å². The van der Waals surface area contributed by atoms with Crippen molar-refractivity contribution in [3.63, 3.8) is 0 Å². The van der Waals surface area contributed by atoms with Crippen molar-refractivity contribution >= 4 is 11.8 Å². The summed E-state index contributed by atoms with van der Waals surface area (Å²) in [7, 11) is 0. The van der Waals surface area contributed by atoms with Gasteiger partial charge in [0.15, 0.2) is 11.8 Å². The molecule has 1 aliphatic carbocycles. The van der Waals surface area contributed by atoms with E-state index in [1.807, 2.05) is 19.1 Å². The van der Waals surface area contributed by atoms with Crippen LogP contribution in [-0.2, 0) is 29.0 Å². The Morgan fingerprint density at radius 3 is 2.12 bits per heavy atom. The van der Waals surface area contributed by atoms with Gasteiger partial charge in [-0.3, -0.25) is 19.1 Å². The van der Waals surface area contributed by atoms with E-state index in [2.05, 4.69) is 0 Å². The summed E-state index contributed by atoms with van der Waals surface area (Å²) in [6.07, 6.45) is 9.39. The number of aromatic nitrogens is 1. The molecule has 0 saturated carbocycles. The highest BCUT2D eigenvalue weighted by Crippen LogP contribution is 2.37. The van der Waals surface area contributed by atoms with Crippen LogP contribution in [0.1, 0.15) is 30.9 Å². The molecular weight excluding hydrogens is 308 g/mol. The number of amides is 2. The Labute approximate surface area is 140 Å². The lowest BCUT2D eigenvalue weighted by Gasteiger charge is -2.19. The average Bonchev–Trinajstić information content (AvgIpc) is 3.01. The summed E-state index contributed by atoms with van der Waals surface area (Å²) < 4.78 is 1.55. The zero-order valence-corrected chi connectivity index (χ0v) is 13.7. The standard InChI is InChI=1S/C18H22N2O4/c1-12(11-20-15(21)8-9-16(20)22)5-4-10-19-17(23)13-6-2-3-7-14(13)18(19)24/h2-3,8-9,12,23-24H,4-7,10-11H2,1H3. The molecule has 0 fully saturated rings. The Morgan fingerprint density at radius 2 is 1.58 bits per heavy atom. The van der Waals surface area contributed by atoms with Crippen LogP contribution in [0.3, 0.4) is 0 Å². The number of hydrogen-bond donors (Lipinski definition) is 2. The summed E-state index contributed by atoms with van der Waals surface area (Å²) in [6.45, 7) is 2.90. The second-order valence-corrected chi connectivity index (χ2v) is 6.50. The molecule has 2 amide bonds. The SMILES string of the molecule is CC(CCCn1c(O)c2c(c1O)CC=CC2)CN1C(=O)C=CC1=O. The van der Waals surface area contributed by atoms with Crippen molar-refractivity contribution in [3.05, 3.63) is 35.4 Å². The van der Waals surface area contributed by atoms with Gasteiger partial charge in [-0.2, -0.15) is 0 Å². The van der Waals surface area contributed by atoms with Gasteiger partial charge >= 0.3 is 0 Å². The van der Waals surface area contributed by atoms with E-state index < -0.39 is 0 Å². The van der Waals surface area contributed by atoms with Crippen LogP contribution in [0, 0.1) is 5.92 Å². The number of carbonyl (C=O) groups excluding carboxylic acids is 2. The zero-order chi connectivity index (χ0) is 17.3. The summed E-state index contributed by atoms with van der Waals surface area (Å²) >= 11 is 0. The first-order valence-electron chi connectivity index (χ1n) is 8.29. The molecule has 2 aliphatic rings. The Morgan fingerprint density at radius 1 is 1.04 bits per heavy atom. The smallest absolute Gasteiger partial charge is 0.253 e. The number of rotatable bonds is 6. The Kier molecular flexibility index (Phi) is 4.46. The van der Waals surface area contributed by atoms with Crippen molar-refractivity contribution in [1.82, 2.24) is 9.47 Å². The summed E-state index contributed by atoms with van der Waals surface area (Å²) in [5.74, 6) is -0.0587. The first-order chi connectivity index (χ1) is 11.5. The van der Waals surface area contributed by atoms with E-state index in [4.69, 9.17) is 0 Å². The van der Waals surface area contributed by atoms with Gasteiger partial charge in [0.1, 0.15) is 0 Å². The molecule has 0 saturated heterocycles. The summed E-state index contributed by atoms with van der Waals surface area (Å²) in [5, 5.41) is 20.6. The minimum atomic E-state index is -0.257. The molecule has 24 heavy (non-hydrogen) atoms.